The molecule has 0 aliphatic carbocycles. The van der Waals surface area contributed by atoms with Gasteiger partial charge in [-0.05, 0) is 25.8 Å². The van der Waals surface area contributed by atoms with Gasteiger partial charge in [-0.15, -0.1) is 0 Å². The lowest BCUT2D eigenvalue weighted by Crippen LogP contribution is -2.24. The molecule has 4 heteroatoms. The fraction of sp³-hybridized carbons (Fsp3) is 0.769. The number of rotatable bonds is 8. The second kappa shape index (κ2) is 7.33. The minimum Gasteiger partial charge on any atom is -0.493 e. The highest BCUT2D eigenvalue weighted by Crippen LogP contribution is 2.19. The Balaban J connectivity index is 2.51. The van der Waals surface area contributed by atoms with E-state index < -0.39 is 0 Å². The average molecular weight is 239 g/mol. The van der Waals surface area contributed by atoms with E-state index in [0.717, 1.165) is 38.1 Å². The molecule has 0 aliphatic heterocycles. The van der Waals surface area contributed by atoms with Gasteiger partial charge < -0.3 is 10.1 Å². The largest absolute Gasteiger partial charge is 0.493 e. The summed E-state index contributed by atoms with van der Waals surface area (Å²) in [7, 11) is 1.71. The molecule has 1 heterocycles. The Labute approximate surface area is 104 Å². The minimum absolute atomic E-state index is 0.553. The van der Waals surface area contributed by atoms with E-state index in [4.69, 9.17) is 4.74 Å². The number of methoxy groups -OCH3 is 1. The number of nitrogens with one attached hydrogen (secondary N) is 1. The molecule has 0 bridgehead atoms. The number of hydrogen-bond acceptors (Lipinski definition) is 3. The number of ether oxygens (including phenoxy) is 1. The first-order valence-corrected chi connectivity index (χ1v) is 6.51. The highest BCUT2D eigenvalue weighted by molar-refractivity contribution is 5.25. The van der Waals surface area contributed by atoms with Gasteiger partial charge in [-0.1, -0.05) is 20.8 Å². The van der Waals surface area contributed by atoms with Gasteiger partial charge in [0.15, 0.2) is 5.75 Å². The van der Waals surface area contributed by atoms with E-state index in [9.17, 15) is 0 Å². The van der Waals surface area contributed by atoms with Crippen LogP contribution in [0.2, 0.25) is 0 Å². The molecule has 0 saturated heterocycles. The number of aryl methyl sites for hydroxylation is 1. The molecule has 0 fully saturated rings. The summed E-state index contributed by atoms with van der Waals surface area (Å²) in [6.45, 7) is 8.51. The van der Waals surface area contributed by atoms with Gasteiger partial charge in [-0.3, -0.25) is 4.68 Å². The third-order valence-electron chi connectivity index (χ3n) is 2.71. The highest BCUT2D eigenvalue weighted by atomic mass is 16.5. The highest BCUT2D eigenvalue weighted by Gasteiger charge is 2.10. The van der Waals surface area contributed by atoms with E-state index >= 15 is 0 Å². The molecule has 0 amide bonds. The molecular weight excluding hydrogens is 214 g/mol. The van der Waals surface area contributed by atoms with Gasteiger partial charge in [-0.25, -0.2) is 0 Å². The molecule has 0 aliphatic rings. The third kappa shape index (κ3) is 4.38. The van der Waals surface area contributed by atoms with Crippen molar-refractivity contribution < 1.29 is 4.74 Å². The van der Waals surface area contributed by atoms with E-state index in [-0.39, 0.29) is 0 Å². The van der Waals surface area contributed by atoms with Crippen LogP contribution in [0.5, 0.6) is 5.75 Å². The molecule has 0 atom stereocenters. The molecule has 1 rings (SSSR count). The Kier molecular flexibility index (Phi) is 6.05. The van der Waals surface area contributed by atoms with Gasteiger partial charge in [0.05, 0.1) is 19.0 Å². The molecular formula is C13H25N3O. The lowest BCUT2D eigenvalue weighted by molar-refractivity contribution is 0.405. The number of nitrogens with zero attached hydrogens (tertiary/aromatic N) is 2. The van der Waals surface area contributed by atoms with Crippen molar-refractivity contribution in [1.29, 1.82) is 0 Å². The Morgan fingerprint density at radius 3 is 2.82 bits per heavy atom. The smallest absolute Gasteiger partial charge is 0.159 e. The molecule has 1 aromatic heterocycles. The first kappa shape index (κ1) is 14.0. The zero-order chi connectivity index (χ0) is 12.7. The normalized spacial score (nSPS) is 11.1. The maximum Gasteiger partial charge on any atom is 0.159 e. The van der Waals surface area contributed by atoms with Crippen molar-refractivity contribution in [3.63, 3.8) is 0 Å². The summed E-state index contributed by atoms with van der Waals surface area (Å²) in [5.74, 6) is 0.919. The van der Waals surface area contributed by atoms with E-state index in [2.05, 4.69) is 35.9 Å². The minimum atomic E-state index is 0.553. The Morgan fingerprint density at radius 1 is 1.47 bits per heavy atom. The summed E-state index contributed by atoms with van der Waals surface area (Å²) in [5.41, 5.74) is 1.22. The summed E-state index contributed by atoms with van der Waals surface area (Å²) in [5, 5.41) is 7.79. The number of hydrogen-bond donors (Lipinski definition) is 1. The van der Waals surface area contributed by atoms with Crippen LogP contribution < -0.4 is 10.1 Å². The summed E-state index contributed by atoms with van der Waals surface area (Å²) in [6, 6.07) is 0.553. The van der Waals surface area contributed by atoms with Crippen molar-refractivity contribution in [3.8, 4) is 5.75 Å². The van der Waals surface area contributed by atoms with Crippen LogP contribution in [-0.2, 0) is 13.0 Å². The van der Waals surface area contributed by atoms with Gasteiger partial charge in [-0.2, -0.15) is 5.10 Å². The van der Waals surface area contributed by atoms with Crippen molar-refractivity contribution in [3.05, 3.63) is 11.9 Å². The average Bonchev–Trinajstić information content (AvgIpc) is 2.67. The fourth-order valence-corrected chi connectivity index (χ4v) is 1.87. The molecule has 98 valence electrons. The molecule has 0 spiro atoms. The van der Waals surface area contributed by atoms with E-state index in [1.54, 1.807) is 7.11 Å². The van der Waals surface area contributed by atoms with Crippen LogP contribution in [0.3, 0.4) is 0 Å². The molecule has 0 aromatic carbocycles. The fourth-order valence-electron chi connectivity index (χ4n) is 1.87. The topological polar surface area (TPSA) is 39.1 Å². The van der Waals surface area contributed by atoms with Crippen molar-refractivity contribution in [2.75, 3.05) is 13.7 Å². The van der Waals surface area contributed by atoms with Gasteiger partial charge in [0, 0.05) is 12.6 Å². The quantitative estimate of drug-likeness (QED) is 0.707. The van der Waals surface area contributed by atoms with Crippen LogP contribution in [0.1, 0.15) is 39.3 Å². The molecule has 4 nitrogen and oxygen atoms in total. The van der Waals surface area contributed by atoms with Crippen LogP contribution in [-0.4, -0.2) is 29.5 Å². The van der Waals surface area contributed by atoms with E-state index in [0.29, 0.717) is 6.04 Å². The van der Waals surface area contributed by atoms with Crippen molar-refractivity contribution in [1.82, 2.24) is 15.1 Å². The van der Waals surface area contributed by atoms with Crippen molar-refractivity contribution >= 4 is 0 Å². The van der Waals surface area contributed by atoms with Gasteiger partial charge in [0.2, 0.25) is 0 Å². The maximum absolute atomic E-state index is 5.35. The monoisotopic (exact) mass is 239 g/mol. The van der Waals surface area contributed by atoms with Crippen LogP contribution >= 0.6 is 0 Å². The van der Waals surface area contributed by atoms with E-state index in [1.807, 2.05) is 6.20 Å². The van der Waals surface area contributed by atoms with E-state index in [1.165, 1.54) is 5.69 Å². The molecule has 1 aromatic rings. The van der Waals surface area contributed by atoms with Crippen molar-refractivity contribution in [2.24, 2.45) is 0 Å². The predicted molar refractivity (Wildman–Crippen MR) is 70.5 cm³/mol. The summed E-state index contributed by atoms with van der Waals surface area (Å²) < 4.78 is 7.41. The zero-order valence-electron chi connectivity index (χ0n) is 11.5. The zero-order valence-corrected chi connectivity index (χ0v) is 11.5. The Bertz CT molecular complexity index is 320. The first-order chi connectivity index (χ1) is 8.19. The Morgan fingerprint density at radius 2 is 2.24 bits per heavy atom. The van der Waals surface area contributed by atoms with Crippen LogP contribution in [0, 0.1) is 0 Å². The molecule has 1 N–H and O–H groups in total. The SMILES string of the molecule is CCCn1ncc(OC)c1CCCNC(C)C. The standard InChI is InChI=1S/C13H25N3O/c1-5-9-16-12(13(17-4)10-15-16)7-6-8-14-11(2)3/h10-11,14H,5-9H2,1-4H3. The first-order valence-electron chi connectivity index (χ1n) is 6.51. The van der Waals surface area contributed by atoms with Crippen LogP contribution in [0.25, 0.3) is 0 Å². The third-order valence-corrected chi connectivity index (χ3v) is 2.71. The second-order valence-corrected chi connectivity index (χ2v) is 4.60. The van der Waals surface area contributed by atoms with Gasteiger partial charge in [0.25, 0.3) is 0 Å². The van der Waals surface area contributed by atoms with Crippen LogP contribution in [0.15, 0.2) is 6.20 Å². The van der Waals surface area contributed by atoms with Crippen LogP contribution in [0.4, 0.5) is 0 Å². The molecule has 0 saturated carbocycles. The Hall–Kier alpha value is -1.03. The summed E-state index contributed by atoms with van der Waals surface area (Å²) in [6.07, 6.45) is 5.05. The summed E-state index contributed by atoms with van der Waals surface area (Å²) >= 11 is 0. The lowest BCUT2D eigenvalue weighted by Gasteiger charge is -2.10. The molecule has 17 heavy (non-hydrogen) atoms. The van der Waals surface area contributed by atoms with Gasteiger partial charge in [0.1, 0.15) is 0 Å². The number of aromatic nitrogens is 2. The van der Waals surface area contributed by atoms with Gasteiger partial charge >= 0.3 is 0 Å². The predicted octanol–water partition coefficient (Wildman–Crippen LogP) is 2.23. The summed E-state index contributed by atoms with van der Waals surface area (Å²) in [4.78, 5) is 0. The molecule has 0 radical (unpaired) electrons. The second-order valence-electron chi connectivity index (χ2n) is 4.60. The molecule has 0 unspecified atom stereocenters. The van der Waals surface area contributed by atoms with Crippen molar-refractivity contribution in [2.45, 2.75) is 52.6 Å². The maximum atomic E-state index is 5.35. The lowest BCUT2D eigenvalue weighted by atomic mass is 10.2.